The monoisotopic (exact) mass is 188 g/mol. The van der Waals surface area contributed by atoms with Gasteiger partial charge in [-0.25, -0.2) is 0 Å². The van der Waals surface area contributed by atoms with Crippen molar-refractivity contribution in [2.24, 2.45) is 11.8 Å². The number of ether oxygens (including phenoxy) is 1. The van der Waals surface area contributed by atoms with E-state index < -0.39 is 0 Å². The Morgan fingerprint density at radius 1 is 1.25 bits per heavy atom. The van der Waals surface area contributed by atoms with Crippen LogP contribution in [-0.2, 0) is 9.53 Å². The second-order valence-electron chi connectivity index (χ2n) is 3.94. The molecule has 3 heteroatoms. The number of carbonyl (C=O) groups is 1. The molecule has 12 heavy (non-hydrogen) atoms. The highest BCUT2D eigenvalue weighted by Crippen LogP contribution is 2.44. The van der Waals surface area contributed by atoms with E-state index in [-0.39, 0.29) is 6.10 Å². The molecule has 0 aliphatic heterocycles. The van der Waals surface area contributed by atoms with E-state index in [0.29, 0.717) is 23.7 Å². The van der Waals surface area contributed by atoms with Gasteiger partial charge >= 0.3 is 0 Å². The third kappa shape index (κ3) is 1.45. The second-order valence-corrected chi connectivity index (χ2v) is 4.55. The molecule has 0 aromatic carbocycles. The number of rotatable bonds is 2. The van der Waals surface area contributed by atoms with Gasteiger partial charge < -0.3 is 4.74 Å². The molecule has 0 spiro atoms. The van der Waals surface area contributed by atoms with E-state index in [1.165, 1.54) is 6.42 Å². The molecule has 2 nitrogen and oxygen atoms in total. The van der Waals surface area contributed by atoms with Gasteiger partial charge in [-0.2, -0.15) is 0 Å². The third-order valence-electron chi connectivity index (χ3n) is 3.11. The number of alkyl halides is 1. The van der Waals surface area contributed by atoms with Crippen molar-refractivity contribution in [1.29, 1.82) is 0 Å². The zero-order valence-corrected chi connectivity index (χ0v) is 7.67. The van der Waals surface area contributed by atoms with E-state index in [9.17, 15) is 4.79 Å². The Hall–Kier alpha value is -0.240. The lowest BCUT2D eigenvalue weighted by molar-refractivity contribution is -0.135. The first-order valence-corrected chi connectivity index (χ1v) is 4.96. The van der Waals surface area contributed by atoms with Crippen LogP contribution in [0.25, 0.3) is 0 Å². The molecule has 2 aliphatic carbocycles. The summed E-state index contributed by atoms with van der Waals surface area (Å²) in [6, 6.07) is 0. The van der Waals surface area contributed by atoms with Crippen LogP contribution in [0.5, 0.6) is 0 Å². The second kappa shape index (κ2) is 3.25. The van der Waals surface area contributed by atoms with Crippen molar-refractivity contribution in [2.45, 2.75) is 37.2 Å². The molecule has 2 aliphatic rings. The van der Waals surface area contributed by atoms with Crippen LogP contribution in [0.3, 0.4) is 0 Å². The van der Waals surface area contributed by atoms with Crippen LogP contribution in [-0.4, -0.2) is 18.0 Å². The summed E-state index contributed by atoms with van der Waals surface area (Å²) in [5.41, 5.74) is 0. The molecule has 2 saturated carbocycles. The number of hydrogen-bond donors (Lipinski definition) is 0. The van der Waals surface area contributed by atoms with Crippen LogP contribution in [0.2, 0.25) is 0 Å². The van der Waals surface area contributed by atoms with E-state index in [4.69, 9.17) is 16.3 Å². The summed E-state index contributed by atoms with van der Waals surface area (Å²) in [6.07, 6.45) is 4.54. The Kier molecular flexibility index (Phi) is 2.26. The minimum Gasteiger partial charge on any atom is -0.464 e. The van der Waals surface area contributed by atoms with Crippen LogP contribution in [0.15, 0.2) is 0 Å². The number of fused-ring (bicyclic) bond motifs is 2. The molecule has 2 fully saturated rings. The largest absolute Gasteiger partial charge is 0.464 e. The lowest BCUT2D eigenvalue weighted by Crippen LogP contribution is -2.21. The zero-order chi connectivity index (χ0) is 8.55. The Balaban J connectivity index is 1.99. The quantitative estimate of drug-likeness (QED) is 0.489. The molecule has 68 valence electrons. The predicted octanol–water partition coefficient (Wildman–Crippen LogP) is 1.96. The molecule has 2 bridgehead atoms. The Morgan fingerprint density at radius 3 is 2.83 bits per heavy atom. The fourth-order valence-electron chi connectivity index (χ4n) is 2.66. The molecule has 0 radical (unpaired) electrons. The molecular weight excluding hydrogens is 176 g/mol. The fraction of sp³-hybridized carbons (Fsp3) is 0.889. The van der Waals surface area contributed by atoms with Crippen LogP contribution >= 0.6 is 11.6 Å². The molecule has 0 amide bonds. The summed E-state index contributed by atoms with van der Waals surface area (Å²) in [7, 11) is 0. The Morgan fingerprint density at radius 2 is 2.08 bits per heavy atom. The maximum atomic E-state index is 10.2. The van der Waals surface area contributed by atoms with Gasteiger partial charge in [0.1, 0.15) is 6.10 Å². The maximum absolute atomic E-state index is 10.2. The van der Waals surface area contributed by atoms with E-state index in [0.717, 1.165) is 19.3 Å². The molecule has 0 N–H and O–H groups in total. The summed E-state index contributed by atoms with van der Waals surface area (Å²) >= 11 is 6.07. The topological polar surface area (TPSA) is 26.3 Å². The van der Waals surface area contributed by atoms with Gasteiger partial charge in [0.2, 0.25) is 0 Å². The molecule has 4 atom stereocenters. The van der Waals surface area contributed by atoms with Gasteiger partial charge in [-0.15, -0.1) is 11.6 Å². The first kappa shape index (κ1) is 8.36. The van der Waals surface area contributed by atoms with Gasteiger partial charge in [0, 0.05) is 5.38 Å². The van der Waals surface area contributed by atoms with E-state index >= 15 is 0 Å². The third-order valence-corrected chi connectivity index (χ3v) is 3.46. The molecule has 3 unspecified atom stereocenters. The van der Waals surface area contributed by atoms with Gasteiger partial charge in [0.05, 0.1) is 0 Å². The van der Waals surface area contributed by atoms with Gasteiger partial charge in [-0.3, -0.25) is 4.79 Å². The molecule has 0 saturated heterocycles. The SMILES string of the molecule is O=CO[C@@H]1CC2CC(Cl)CC1C2. The molecule has 0 aromatic heterocycles. The maximum Gasteiger partial charge on any atom is 0.293 e. The highest BCUT2D eigenvalue weighted by Gasteiger charge is 2.41. The van der Waals surface area contributed by atoms with Gasteiger partial charge in [-0.1, -0.05) is 0 Å². The zero-order valence-electron chi connectivity index (χ0n) is 6.91. The Labute approximate surface area is 77.2 Å². The van der Waals surface area contributed by atoms with Crippen LogP contribution in [0, 0.1) is 11.8 Å². The summed E-state index contributed by atoms with van der Waals surface area (Å²) in [5, 5.41) is 0.314. The van der Waals surface area contributed by atoms with Crippen molar-refractivity contribution < 1.29 is 9.53 Å². The normalized spacial score (nSPS) is 45.8. The minimum absolute atomic E-state index is 0.163. The van der Waals surface area contributed by atoms with Crippen molar-refractivity contribution in [1.82, 2.24) is 0 Å². The highest BCUT2D eigenvalue weighted by atomic mass is 35.5. The summed E-state index contributed by atoms with van der Waals surface area (Å²) in [6.45, 7) is 0.578. The van der Waals surface area contributed by atoms with Crippen molar-refractivity contribution in [3.63, 3.8) is 0 Å². The van der Waals surface area contributed by atoms with Crippen LogP contribution < -0.4 is 0 Å². The standard InChI is InChI=1S/C9H13ClO2/c10-8-2-6-1-7(4-8)9(3-6)12-5-11/h5-9H,1-4H2/t6?,7?,8?,9-/m1/s1. The van der Waals surface area contributed by atoms with E-state index in [1.54, 1.807) is 0 Å². The Bertz CT molecular complexity index is 183. The smallest absolute Gasteiger partial charge is 0.293 e. The van der Waals surface area contributed by atoms with Crippen molar-refractivity contribution >= 4 is 18.1 Å². The number of hydrogen-bond acceptors (Lipinski definition) is 2. The lowest BCUT2D eigenvalue weighted by atomic mass is 9.89. The van der Waals surface area contributed by atoms with Crippen molar-refractivity contribution in [3.8, 4) is 0 Å². The molecular formula is C9H13ClO2. The van der Waals surface area contributed by atoms with Crippen molar-refractivity contribution in [3.05, 3.63) is 0 Å². The fourth-order valence-corrected chi connectivity index (χ4v) is 3.14. The molecule has 0 aromatic rings. The molecule has 2 rings (SSSR count). The summed E-state index contributed by atoms with van der Waals surface area (Å²) < 4.78 is 5.03. The van der Waals surface area contributed by atoms with Crippen LogP contribution in [0.4, 0.5) is 0 Å². The average molecular weight is 189 g/mol. The first-order chi connectivity index (χ1) is 5.79. The van der Waals surface area contributed by atoms with E-state index in [2.05, 4.69) is 0 Å². The lowest BCUT2D eigenvalue weighted by Gasteiger charge is -2.23. The summed E-state index contributed by atoms with van der Waals surface area (Å²) in [5.74, 6) is 1.24. The molecule has 0 heterocycles. The van der Waals surface area contributed by atoms with E-state index in [1.807, 2.05) is 0 Å². The number of halogens is 1. The number of carbonyl (C=O) groups excluding carboxylic acids is 1. The predicted molar refractivity (Wildman–Crippen MR) is 46.0 cm³/mol. The van der Waals surface area contributed by atoms with Gasteiger partial charge in [0.25, 0.3) is 6.47 Å². The highest BCUT2D eigenvalue weighted by molar-refractivity contribution is 6.20. The van der Waals surface area contributed by atoms with Crippen molar-refractivity contribution in [2.75, 3.05) is 0 Å². The van der Waals surface area contributed by atoms with Gasteiger partial charge in [0.15, 0.2) is 0 Å². The van der Waals surface area contributed by atoms with Crippen LogP contribution in [0.1, 0.15) is 25.7 Å². The first-order valence-electron chi connectivity index (χ1n) is 4.52. The average Bonchev–Trinajstić information content (AvgIpc) is 2.28. The van der Waals surface area contributed by atoms with Gasteiger partial charge in [-0.05, 0) is 37.5 Å². The summed E-state index contributed by atoms with van der Waals surface area (Å²) in [4.78, 5) is 10.2. The minimum atomic E-state index is 0.163.